The van der Waals surface area contributed by atoms with E-state index in [-0.39, 0.29) is 10.7 Å². The van der Waals surface area contributed by atoms with Gasteiger partial charge in [-0.2, -0.15) is 4.31 Å². The number of thiocarbonyl (C=S) groups is 1. The van der Waals surface area contributed by atoms with Gasteiger partial charge in [0, 0.05) is 12.6 Å². The first-order valence-electron chi connectivity index (χ1n) is 5.33. The van der Waals surface area contributed by atoms with Crippen molar-refractivity contribution in [3.05, 3.63) is 35.4 Å². The molecule has 0 unspecified atom stereocenters. The van der Waals surface area contributed by atoms with Crippen LogP contribution in [0.2, 0.25) is 0 Å². The number of nitrogens with zero attached hydrogens (tertiary/aromatic N) is 1. The van der Waals surface area contributed by atoms with Crippen LogP contribution in [-0.2, 0) is 15.8 Å². The van der Waals surface area contributed by atoms with Crippen LogP contribution in [0.25, 0.3) is 0 Å². The molecule has 0 aromatic heterocycles. The summed E-state index contributed by atoms with van der Waals surface area (Å²) in [7, 11) is -2.62. The smallest absolute Gasteiger partial charge is 0.252 e. The second kappa shape index (κ2) is 6.36. The maximum atomic E-state index is 12.2. The number of benzene rings is 1. The van der Waals surface area contributed by atoms with Gasteiger partial charge in [-0.3, -0.25) is 0 Å². The molecule has 1 rings (SSSR count). The van der Waals surface area contributed by atoms with Gasteiger partial charge in [0.05, 0.1) is 12.3 Å². The lowest BCUT2D eigenvalue weighted by atomic mass is 10.1. The van der Waals surface area contributed by atoms with Crippen LogP contribution in [0.3, 0.4) is 0 Å². The zero-order valence-electron chi connectivity index (χ0n) is 10.2. The van der Waals surface area contributed by atoms with Crippen LogP contribution in [-0.4, -0.2) is 37.7 Å². The molecule has 0 saturated carbocycles. The first kappa shape index (κ1) is 15.9. The highest BCUT2D eigenvalue weighted by Crippen LogP contribution is 2.12. The van der Waals surface area contributed by atoms with Crippen molar-refractivity contribution in [2.75, 3.05) is 13.6 Å². The highest BCUT2D eigenvalue weighted by atomic mass is 32.2. The Morgan fingerprint density at radius 1 is 1.37 bits per heavy atom. The van der Waals surface area contributed by atoms with E-state index in [1.165, 1.54) is 0 Å². The summed E-state index contributed by atoms with van der Waals surface area (Å²) < 4.78 is 48.6. The number of rotatable bonds is 6. The summed E-state index contributed by atoms with van der Waals surface area (Å²) in [5, 5.41) is 0. The number of alkyl halides is 2. The van der Waals surface area contributed by atoms with Gasteiger partial charge < -0.3 is 5.73 Å². The van der Waals surface area contributed by atoms with Gasteiger partial charge >= 0.3 is 0 Å². The van der Waals surface area contributed by atoms with Gasteiger partial charge in [-0.05, 0) is 5.56 Å². The van der Waals surface area contributed by atoms with Crippen LogP contribution in [0.4, 0.5) is 8.78 Å². The summed E-state index contributed by atoms with van der Waals surface area (Å²) in [5.41, 5.74) is 6.53. The Bertz CT molecular complexity index is 544. The average molecular weight is 308 g/mol. The van der Waals surface area contributed by atoms with Crippen LogP contribution < -0.4 is 5.73 Å². The van der Waals surface area contributed by atoms with Crippen molar-refractivity contribution >= 4 is 27.2 Å². The molecule has 1 aromatic rings. The third-order valence-corrected chi connectivity index (χ3v) is 4.49. The van der Waals surface area contributed by atoms with E-state index in [4.69, 9.17) is 18.0 Å². The maximum Gasteiger partial charge on any atom is 0.252 e. The van der Waals surface area contributed by atoms with E-state index in [1.807, 2.05) is 0 Å². The molecule has 2 N–H and O–H groups in total. The van der Waals surface area contributed by atoms with Crippen molar-refractivity contribution in [1.82, 2.24) is 4.31 Å². The fourth-order valence-corrected chi connectivity index (χ4v) is 2.70. The van der Waals surface area contributed by atoms with Gasteiger partial charge in [0.25, 0.3) is 6.43 Å². The minimum atomic E-state index is -3.75. The normalized spacial score (nSPS) is 12.1. The lowest BCUT2D eigenvalue weighted by Gasteiger charge is -2.16. The molecule has 0 heterocycles. The standard InChI is InChI=1S/C11H14F2N2O2S2/c1-15(6-10(12)13)19(16,17)7-8-2-4-9(5-3-8)11(14)18/h2-5,10H,6-7H2,1H3,(H2,14,18). The number of sulfonamides is 1. The Morgan fingerprint density at radius 2 is 1.89 bits per heavy atom. The van der Waals surface area contributed by atoms with Crippen LogP contribution in [0, 0.1) is 0 Å². The highest BCUT2D eigenvalue weighted by molar-refractivity contribution is 7.88. The first-order chi connectivity index (χ1) is 8.72. The van der Waals surface area contributed by atoms with Gasteiger partial charge in [0.2, 0.25) is 10.0 Å². The fraction of sp³-hybridized carbons (Fsp3) is 0.364. The molecule has 1 aromatic carbocycles. The molecule has 106 valence electrons. The SMILES string of the molecule is CN(CC(F)F)S(=O)(=O)Cc1ccc(C(N)=S)cc1. The summed E-state index contributed by atoms with van der Waals surface area (Å²) in [5.74, 6) is -0.339. The van der Waals surface area contributed by atoms with Gasteiger partial charge in [0.1, 0.15) is 4.99 Å². The Hall–Kier alpha value is -1.12. The summed E-state index contributed by atoms with van der Waals surface area (Å²) in [6, 6.07) is 6.31. The largest absolute Gasteiger partial charge is 0.389 e. The van der Waals surface area contributed by atoms with Crippen LogP contribution in [0.5, 0.6) is 0 Å². The summed E-state index contributed by atoms with van der Waals surface area (Å²) in [4.78, 5) is 0.212. The zero-order chi connectivity index (χ0) is 14.6. The summed E-state index contributed by atoms with van der Waals surface area (Å²) in [6.07, 6.45) is -2.70. The van der Waals surface area contributed by atoms with Crippen LogP contribution >= 0.6 is 12.2 Å². The molecule has 0 aliphatic rings. The minimum Gasteiger partial charge on any atom is -0.389 e. The number of nitrogens with two attached hydrogens (primary N) is 1. The quantitative estimate of drug-likeness (QED) is 0.806. The van der Waals surface area contributed by atoms with Gasteiger partial charge in [-0.1, -0.05) is 36.5 Å². The third kappa shape index (κ3) is 4.81. The second-order valence-corrected chi connectivity index (χ2v) is 6.50. The Labute approximate surface area is 116 Å². The lowest BCUT2D eigenvalue weighted by Crippen LogP contribution is -2.32. The molecule has 0 spiro atoms. The van der Waals surface area contributed by atoms with E-state index >= 15 is 0 Å². The third-order valence-electron chi connectivity index (χ3n) is 2.46. The summed E-state index contributed by atoms with van der Waals surface area (Å²) >= 11 is 4.77. The molecular weight excluding hydrogens is 294 g/mol. The first-order valence-corrected chi connectivity index (χ1v) is 7.35. The highest BCUT2D eigenvalue weighted by Gasteiger charge is 2.21. The van der Waals surface area contributed by atoms with E-state index in [0.717, 1.165) is 7.05 Å². The molecule has 0 radical (unpaired) electrons. The molecule has 0 fully saturated rings. The molecule has 4 nitrogen and oxygen atoms in total. The molecule has 0 atom stereocenters. The minimum absolute atomic E-state index is 0.212. The van der Waals surface area contributed by atoms with E-state index in [9.17, 15) is 17.2 Å². The van der Waals surface area contributed by atoms with E-state index < -0.39 is 23.0 Å². The lowest BCUT2D eigenvalue weighted by molar-refractivity contribution is 0.126. The molecule has 0 amide bonds. The molecule has 0 bridgehead atoms. The monoisotopic (exact) mass is 308 g/mol. The van der Waals surface area contributed by atoms with E-state index in [1.54, 1.807) is 24.3 Å². The predicted molar refractivity (Wildman–Crippen MR) is 73.6 cm³/mol. The average Bonchev–Trinajstić information content (AvgIpc) is 2.28. The van der Waals surface area contributed by atoms with Crippen molar-refractivity contribution in [3.63, 3.8) is 0 Å². The number of hydrogen-bond donors (Lipinski definition) is 1. The van der Waals surface area contributed by atoms with Crippen molar-refractivity contribution < 1.29 is 17.2 Å². The fourth-order valence-electron chi connectivity index (χ4n) is 1.39. The predicted octanol–water partition coefficient (Wildman–Crippen LogP) is 1.35. The van der Waals surface area contributed by atoms with Gasteiger partial charge in [-0.25, -0.2) is 17.2 Å². The van der Waals surface area contributed by atoms with Gasteiger partial charge in [-0.15, -0.1) is 0 Å². The molecule has 8 heteroatoms. The molecule has 0 aliphatic carbocycles. The van der Waals surface area contributed by atoms with Crippen LogP contribution in [0.15, 0.2) is 24.3 Å². The van der Waals surface area contributed by atoms with Crippen molar-refractivity contribution in [2.45, 2.75) is 12.2 Å². The Balaban J connectivity index is 2.81. The summed E-state index contributed by atoms with van der Waals surface area (Å²) in [6.45, 7) is -0.812. The van der Waals surface area contributed by atoms with Gasteiger partial charge in [0.15, 0.2) is 0 Å². The Morgan fingerprint density at radius 3 is 2.32 bits per heavy atom. The van der Waals surface area contributed by atoms with E-state index in [2.05, 4.69) is 0 Å². The molecule has 0 saturated heterocycles. The second-order valence-electron chi connectivity index (χ2n) is 3.99. The number of halogens is 2. The zero-order valence-corrected chi connectivity index (χ0v) is 11.8. The topological polar surface area (TPSA) is 63.4 Å². The van der Waals surface area contributed by atoms with Crippen molar-refractivity contribution in [2.24, 2.45) is 5.73 Å². The van der Waals surface area contributed by atoms with Crippen LogP contribution in [0.1, 0.15) is 11.1 Å². The van der Waals surface area contributed by atoms with Crippen molar-refractivity contribution in [3.8, 4) is 0 Å². The number of hydrogen-bond acceptors (Lipinski definition) is 3. The maximum absolute atomic E-state index is 12.2. The molecule has 19 heavy (non-hydrogen) atoms. The van der Waals surface area contributed by atoms with E-state index in [0.29, 0.717) is 15.4 Å². The molecule has 0 aliphatic heterocycles. The van der Waals surface area contributed by atoms with Crippen molar-refractivity contribution in [1.29, 1.82) is 0 Å². The molecular formula is C11H14F2N2O2S2. The Kier molecular flexibility index (Phi) is 5.33.